The fourth-order valence-electron chi connectivity index (χ4n) is 5.24. The number of carbonyl (C=O) groups is 5. The molecule has 3 aliphatic rings. The summed E-state index contributed by atoms with van der Waals surface area (Å²) in [5, 5.41) is 5.67. The standard InChI is InChI=1S/C26H34N4O7/c1-3-36-26-20(13-22(32)37-26)28-24(34)21-15-29(16(2)31)14-18-11-7-8-12-19(25(35)30(18)21)27-23(33)17-9-5-4-6-10-17/h4-6,9-10,18-21,26H,3,7-8,11-15H2,1-2H3,(H,27,33)(H,28,34)/t18-,19-,20?,21-,26?/m0/s1. The topological polar surface area (TPSA) is 134 Å². The highest BCUT2D eigenvalue weighted by Crippen LogP contribution is 2.27. The molecule has 3 heterocycles. The van der Waals surface area contributed by atoms with Gasteiger partial charge in [-0.1, -0.05) is 31.0 Å². The molecule has 3 fully saturated rings. The maximum Gasteiger partial charge on any atom is 0.310 e. The van der Waals surface area contributed by atoms with E-state index in [4.69, 9.17) is 9.47 Å². The smallest absolute Gasteiger partial charge is 0.310 e. The van der Waals surface area contributed by atoms with E-state index in [9.17, 15) is 24.0 Å². The first-order chi connectivity index (χ1) is 17.8. The van der Waals surface area contributed by atoms with Gasteiger partial charge in [0.1, 0.15) is 18.1 Å². The zero-order valence-corrected chi connectivity index (χ0v) is 21.2. The van der Waals surface area contributed by atoms with Crippen LogP contribution in [0.25, 0.3) is 0 Å². The zero-order chi connectivity index (χ0) is 26.5. The van der Waals surface area contributed by atoms with Gasteiger partial charge >= 0.3 is 5.97 Å². The summed E-state index contributed by atoms with van der Waals surface area (Å²) < 4.78 is 10.6. The summed E-state index contributed by atoms with van der Waals surface area (Å²) in [5.74, 6) is -1.88. The summed E-state index contributed by atoms with van der Waals surface area (Å²) in [7, 11) is 0. The molecule has 0 aromatic heterocycles. The maximum atomic E-state index is 13.9. The Morgan fingerprint density at radius 2 is 1.78 bits per heavy atom. The molecule has 11 heteroatoms. The molecule has 2 N–H and O–H groups in total. The Bertz CT molecular complexity index is 1030. The summed E-state index contributed by atoms with van der Waals surface area (Å²) >= 11 is 0. The van der Waals surface area contributed by atoms with Crippen molar-refractivity contribution in [2.45, 2.75) is 76.4 Å². The summed E-state index contributed by atoms with van der Waals surface area (Å²) in [6.45, 7) is 3.82. The molecule has 1 aromatic rings. The lowest BCUT2D eigenvalue weighted by atomic mass is 9.93. The number of rotatable bonds is 6. The van der Waals surface area contributed by atoms with Crippen LogP contribution >= 0.6 is 0 Å². The Kier molecular flexibility index (Phi) is 8.42. The fraction of sp³-hybridized carbons (Fsp3) is 0.577. The molecule has 11 nitrogen and oxygen atoms in total. The molecule has 0 spiro atoms. The van der Waals surface area contributed by atoms with Crippen molar-refractivity contribution in [2.24, 2.45) is 0 Å². The van der Waals surface area contributed by atoms with Crippen LogP contribution < -0.4 is 10.6 Å². The second-order valence-corrected chi connectivity index (χ2v) is 9.65. The molecule has 5 atom stereocenters. The number of hydrogen-bond donors (Lipinski definition) is 2. The van der Waals surface area contributed by atoms with E-state index in [2.05, 4.69) is 10.6 Å². The van der Waals surface area contributed by atoms with Gasteiger partial charge in [0.25, 0.3) is 5.91 Å². The number of amides is 4. The quantitative estimate of drug-likeness (QED) is 0.531. The molecule has 0 radical (unpaired) electrons. The first kappa shape index (κ1) is 26.6. The lowest BCUT2D eigenvalue weighted by Crippen LogP contribution is -2.68. The zero-order valence-electron chi connectivity index (χ0n) is 21.2. The van der Waals surface area contributed by atoms with Crippen LogP contribution in [0.4, 0.5) is 0 Å². The fourth-order valence-corrected chi connectivity index (χ4v) is 5.24. The van der Waals surface area contributed by atoms with E-state index in [1.165, 1.54) is 11.8 Å². The van der Waals surface area contributed by atoms with Gasteiger partial charge in [-0.15, -0.1) is 0 Å². The number of carbonyl (C=O) groups excluding carboxylic acids is 5. The molecule has 37 heavy (non-hydrogen) atoms. The van der Waals surface area contributed by atoms with Gasteiger partial charge in [-0.3, -0.25) is 24.0 Å². The predicted molar refractivity (Wildman–Crippen MR) is 131 cm³/mol. The average molecular weight is 515 g/mol. The van der Waals surface area contributed by atoms with Crippen molar-refractivity contribution in [2.75, 3.05) is 19.7 Å². The van der Waals surface area contributed by atoms with Crippen molar-refractivity contribution in [1.82, 2.24) is 20.4 Å². The van der Waals surface area contributed by atoms with E-state index in [-0.39, 0.29) is 36.7 Å². The van der Waals surface area contributed by atoms with Gasteiger partial charge in [0, 0.05) is 25.6 Å². The lowest BCUT2D eigenvalue weighted by Gasteiger charge is -2.48. The molecular weight excluding hydrogens is 480 g/mol. The van der Waals surface area contributed by atoms with Gasteiger partial charge in [-0.2, -0.15) is 0 Å². The van der Waals surface area contributed by atoms with Crippen LogP contribution in [0, 0.1) is 0 Å². The Morgan fingerprint density at radius 3 is 2.49 bits per heavy atom. The van der Waals surface area contributed by atoms with Crippen LogP contribution in [0.5, 0.6) is 0 Å². The maximum absolute atomic E-state index is 13.9. The molecule has 200 valence electrons. The van der Waals surface area contributed by atoms with E-state index in [0.29, 0.717) is 31.6 Å². The Balaban J connectivity index is 1.57. The van der Waals surface area contributed by atoms with Gasteiger partial charge in [-0.05, 0) is 31.9 Å². The molecule has 1 aromatic carbocycles. The molecular formula is C26H34N4O7. The highest BCUT2D eigenvalue weighted by Gasteiger charge is 2.46. The minimum absolute atomic E-state index is 0.0174. The van der Waals surface area contributed by atoms with Crippen LogP contribution in [-0.2, 0) is 28.7 Å². The second-order valence-electron chi connectivity index (χ2n) is 9.65. The van der Waals surface area contributed by atoms with E-state index in [0.717, 1.165) is 12.8 Å². The number of piperazine rings is 1. The number of hydrogen-bond acceptors (Lipinski definition) is 7. The van der Waals surface area contributed by atoms with E-state index in [1.807, 2.05) is 0 Å². The number of benzene rings is 1. The summed E-state index contributed by atoms with van der Waals surface area (Å²) in [5.41, 5.74) is 0.442. The average Bonchev–Trinajstić information content (AvgIpc) is 3.22. The summed E-state index contributed by atoms with van der Waals surface area (Å²) in [6, 6.07) is 5.79. The summed E-state index contributed by atoms with van der Waals surface area (Å²) in [4.78, 5) is 67.6. The van der Waals surface area contributed by atoms with Gasteiger partial charge < -0.3 is 29.9 Å². The van der Waals surface area contributed by atoms with Crippen molar-refractivity contribution >= 4 is 29.6 Å². The van der Waals surface area contributed by atoms with Crippen LogP contribution in [0.2, 0.25) is 0 Å². The number of nitrogens with zero attached hydrogens (tertiary/aromatic N) is 2. The van der Waals surface area contributed by atoms with E-state index in [1.54, 1.807) is 42.2 Å². The number of cyclic esters (lactones) is 1. The molecule has 3 saturated heterocycles. The third-order valence-corrected chi connectivity index (χ3v) is 7.10. The minimum atomic E-state index is -0.984. The molecule has 4 rings (SSSR count). The number of fused-ring (bicyclic) bond motifs is 1. The Labute approximate surface area is 215 Å². The van der Waals surface area contributed by atoms with Crippen LogP contribution in [0.3, 0.4) is 0 Å². The Hall–Kier alpha value is -3.47. The van der Waals surface area contributed by atoms with Crippen molar-refractivity contribution in [3.8, 4) is 0 Å². The minimum Gasteiger partial charge on any atom is -0.433 e. The molecule has 0 saturated carbocycles. The molecule has 0 bridgehead atoms. The molecule has 4 amide bonds. The third-order valence-electron chi connectivity index (χ3n) is 7.10. The molecule has 0 aliphatic carbocycles. The summed E-state index contributed by atoms with van der Waals surface area (Å²) in [6.07, 6.45) is 1.62. The van der Waals surface area contributed by atoms with E-state index < -0.39 is 36.3 Å². The van der Waals surface area contributed by atoms with Gasteiger partial charge in [0.05, 0.1) is 19.0 Å². The monoisotopic (exact) mass is 514 g/mol. The SMILES string of the molecule is CCOC1OC(=O)CC1NC(=O)[C@@H]1CN(C(C)=O)C[C@@H]2CCCC[C@H](NC(=O)c3ccccc3)C(=O)N21. The number of ether oxygens (including phenoxy) is 2. The van der Waals surface area contributed by atoms with Crippen LogP contribution in [0.1, 0.15) is 56.3 Å². The van der Waals surface area contributed by atoms with Crippen molar-refractivity contribution in [3.63, 3.8) is 0 Å². The normalized spacial score (nSPS) is 28.0. The van der Waals surface area contributed by atoms with Gasteiger partial charge in [-0.25, -0.2) is 0 Å². The predicted octanol–water partition coefficient (Wildman–Crippen LogP) is 0.581. The van der Waals surface area contributed by atoms with Gasteiger partial charge in [0.2, 0.25) is 24.0 Å². The van der Waals surface area contributed by atoms with Crippen LogP contribution in [0.15, 0.2) is 30.3 Å². The highest BCUT2D eigenvalue weighted by molar-refractivity contribution is 5.98. The largest absolute Gasteiger partial charge is 0.433 e. The Morgan fingerprint density at radius 1 is 1.05 bits per heavy atom. The van der Waals surface area contributed by atoms with Crippen molar-refractivity contribution < 1.29 is 33.4 Å². The van der Waals surface area contributed by atoms with Gasteiger partial charge in [0.15, 0.2) is 0 Å². The highest BCUT2D eigenvalue weighted by atomic mass is 16.7. The molecule has 2 unspecified atom stereocenters. The van der Waals surface area contributed by atoms with Crippen LogP contribution in [-0.4, -0.2) is 89.6 Å². The lowest BCUT2D eigenvalue weighted by molar-refractivity contribution is -0.165. The number of esters is 1. The first-order valence-electron chi connectivity index (χ1n) is 12.8. The second kappa shape index (κ2) is 11.7. The van der Waals surface area contributed by atoms with Crippen molar-refractivity contribution in [1.29, 1.82) is 0 Å². The molecule has 3 aliphatic heterocycles. The van der Waals surface area contributed by atoms with E-state index >= 15 is 0 Å². The third kappa shape index (κ3) is 6.10. The van der Waals surface area contributed by atoms with Crippen molar-refractivity contribution in [3.05, 3.63) is 35.9 Å². The number of nitrogens with one attached hydrogen (secondary N) is 2. The first-order valence-corrected chi connectivity index (χ1v) is 12.8.